The average molecular weight is 314 g/mol. The number of Topliss-reactive ketones (excluding diaryl/α,β-unsaturated/α-hetero) is 1. The van der Waals surface area contributed by atoms with E-state index in [9.17, 15) is 4.79 Å². The van der Waals surface area contributed by atoms with Crippen molar-refractivity contribution in [1.82, 2.24) is 0 Å². The van der Waals surface area contributed by atoms with E-state index in [1.54, 1.807) is 0 Å². The van der Waals surface area contributed by atoms with Crippen LogP contribution >= 0.6 is 0 Å². The summed E-state index contributed by atoms with van der Waals surface area (Å²) in [5, 5.41) is 0. The van der Waals surface area contributed by atoms with Gasteiger partial charge in [0, 0.05) is 6.42 Å². The number of benzene rings is 3. The quantitative estimate of drug-likeness (QED) is 0.629. The van der Waals surface area contributed by atoms with Gasteiger partial charge in [0.05, 0.1) is 5.92 Å². The first-order valence-corrected chi connectivity index (χ1v) is 8.34. The van der Waals surface area contributed by atoms with E-state index < -0.39 is 0 Å². The average Bonchev–Trinajstić information content (AvgIpc) is 2.60. The van der Waals surface area contributed by atoms with Crippen LogP contribution in [0.4, 0.5) is 0 Å². The van der Waals surface area contributed by atoms with Crippen LogP contribution in [0, 0.1) is 13.8 Å². The highest BCUT2D eigenvalue weighted by molar-refractivity contribution is 5.91. The fourth-order valence-corrected chi connectivity index (χ4v) is 3.19. The largest absolute Gasteiger partial charge is 0.298 e. The zero-order chi connectivity index (χ0) is 16.9. The maximum absolute atomic E-state index is 13.2. The lowest BCUT2D eigenvalue weighted by Gasteiger charge is -2.19. The Morgan fingerprint density at radius 2 is 1.33 bits per heavy atom. The Balaban J connectivity index is 2.01. The van der Waals surface area contributed by atoms with Crippen LogP contribution in [0.3, 0.4) is 0 Å². The Morgan fingerprint density at radius 3 is 2.00 bits per heavy atom. The second kappa shape index (κ2) is 7.27. The van der Waals surface area contributed by atoms with E-state index >= 15 is 0 Å². The zero-order valence-corrected chi connectivity index (χ0v) is 14.2. The first kappa shape index (κ1) is 16.2. The van der Waals surface area contributed by atoms with E-state index in [-0.39, 0.29) is 11.7 Å². The number of aryl methyl sites for hydroxylation is 2. The molecule has 120 valence electrons. The minimum atomic E-state index is -0.216. The van der Waals surface area contributed by atoms with Gasteiger partial charge in [-0.2, -0.15) is 0 Å². The van der Waals surface area contributed by atoms with E-state index in [0.29, 0.717) is 6.42 Å². The molecule has 0 bridgehead atoms. The highest BCUT2D eigenvalue weighted by atomic mass is 16.1. The summed E-state index contributed by atoms with van der Waals surface area (Å²) in [4.78, 5) is 13.2. The number of carbonyl (C=O) groups excluding carboxylic acids is 1. The molecule has 0 heterocycles. The Morgan fingerprint density at radius 1 is 0.750 bits per heavy atom. The normalized spacial score (nSPS) is 11.9. The molecule has 1 atom stereocenters. The summed E-state index contributed by atoms with van der Waals surface area (Å²) in [6, 6.07) is 26.4. The number of rotatable bonds is 5. The molecule has 3 rings (SSSR count). The lowest BCUT2D eigenvalue weighted by molar-refractivity contribution is -0.119. The first-order valence-electron chi connectivity index (χ1n) is 8.34. The van der Waals surface area contributed by atoms with Crippen molar-refractivity contribution in [2.45, 2.75) is 26.2 Å². The van der Waals surface area contributed by atoms with Gasteiger partial charge < -0.3 is 0 Å². The molecule has 0 amide bonds. The predicted octanol–water partition coefficient (Wildman–Crippen LogP) is 5.25. The molecule has 24 heavy (non-hydrogen) atoms. The van der Waals surface area contributed by atoms with Gasteiger partial charge in [-0.1, -0.05) is 78.9 Å². The molecule has 0 aliphatic rings. The molecule has 1 unspecified atom stereocenters. The summed E-state index contributed by atoms with van der Waals surface area (Å²) in [6.45, 7) is 4.14. The van der Waals surface area contributed by atoms with Gasteiger partial charge in [-0.05, 0) is 41.7 Å². The Kier molecular flexibility index (Phi) is 4.90. The third-order valence-electron chi connectivity index (χ3n) is 4.58. The van der Waals surface area contributed by atoms with Crippen molar-refractivity contribution >= 4 is 5.78 Å². The molecule has 0 aliphatic heterocycles. The van der Waals surface area contributed by atoms with Crippen molar-refractivity contribution in [3.63, 3.8) is 0 Å². The van der Waals surface area contributed by atoms with Crippen molar-refractivity contribution in [3.8, 4) is 0 Å². The molecule has 0 fully saturated rings. The van der Waals surface area contributed by atoms with Crippen molar-refractivity contribution in [1.29, 1.82) is 0 Å². The molecule has 3 aromatic carbocycles. The van der Waals surface area contributed by atoms with E-state index in [2.05, 4.69) is 32.0 Å². The fraction of sp³-hybridized carbons (Fsp3) is 0.174. The van der Waals surface area contributed by atoms with E-state index in [1.165, 1.54) is 5.56 Å². The Hall–Kier alpha value is -2.67. The Labute approximate surface area is 144 Å². The summed E-state index contributed by atoms with van der Waals surface area (Å²) in [5.74, 6) is 0.0248. The van der Waals surface area contributed by atoms with Gasteiger partial charge in [-0.25, -0.2) is 0 Å². The van der Waals surface area contributed by atoms with E-state index in [4.69, 9.17) is 0 Å². The third kappa shape index (κ3) is 3.46. The molecule has 1 nitrogen and oxygen atoms in total. The number of hydrogen-bond acceptors (Lipinski definition) is 1. The van der Waals surface area contributed by atoms with E-state index in [1.807, 2.05) is 60.7 Å². The van der Waals surface area contributed by atoms with Crippen molar-refractivity contribution < 1.29 is 4.79 Å². The van der Waals surface area contributed by atoms with Crippen LogP contribution in [0.5, 0.6) is 0 Å². The molecule has 0 spiro atoms. The van der Waals surface area contributed by atoms with Crippen molar-refractivity contribution in [2.75, 3.05) is 0 Å². The fourth-order valence-electron chi connectivity index (χ4n) is 3.19. The third-order valence-corrected chi connectivity index (χ3v) is 4.58. The smallest absolute Gasteiger partial charge is 0.149 e. The van der Waals surface area contributed by atoms with E-state index in [0.717, 1.165) is 22.3 Å². The number of hydrogen-bond donors (Lipinski definition) is 0. The van der Waals surface area contributed by atoms with Gasteiger partial charge in [0.2, 0.25) is 0 Å². The first-order chi connectivity index (χ1) is 11.7. The summed E-state index contributed by atoms with van der Waals surface area (Å²) >= 11 is 0. The van der Waals surface area contributed by atoms with Gasteiger partial charge in [-0.3, -0.25) is 4.79 Å². The zero-order valence-electron chi connectivity index (χ0n) is 14.2. The highest BCUT2D eigenvalue weighted by Crippen LogP contribution is 2.29. The molecule has 0 saturated carbocycles. The molecule has 0 saturated heterocycles. The molecule has 0 N–H and O–H groups in total. The molecular weight excluding hydrogens is 292 g/mol. The van der Waals surface area contributed by atoms with Gasteiger partial charge in [0.15, 0.2) is 0 Å². The van der Waals surface area contributed by atoms with Crippen LogP contribution in [0.25, 0.3) is 0 Å². The molecular formula is C23H22O. The number of carbonyl (C=O) groups is 1. The summed E-state index contributed by atoms with van der Waals surface area (Å²) in [6.07, 6.45) is 0.459. The Bertz CT molecular complexity index is 833. The maximum Gasteiger partial charge on any atom is 0.149 e. The number of ketones is 1. The molecule has 0 radical (unpaired) electrons. The monoisotopic (exact) mass is 314 g/mol. The SMILES string of the molecule is Cc1ccccc1CC(=O)C(c1ccccc1)c1ccccc1C. The van der Waals surface area contributed by atoms with Gasteiger partial charge >= 0.3 is 0 Å². The lowest BCUT2D eigenvalue weighted by atomic mass is 9.83. The van der Waals surface area contributed by atoms with Crippen LogP contribution in [0.15, 0.2) is 78.9 Å². The second-order valence-corrected chi connectivity index (χ2v) is 6.27. The van der Waals surface area contributed by atoms with Crippen molar-refractivity contribution in [2.24, 2.45) is 0 Å². The molecule has 0 aromatic heterocycles. The van der Waals surface area contributed by atoms with Crippen LogP contribution in [0.1, 0.15) is 33.7 Å². The van der Waals surface area contributed by atoms with Crippen LogP contribution in [0.2, 0.25) is 0 Å². The second-order valence-electron chi connectivity index (χ2n) is 6.27. The minimum Gasteiger partial charge on any atom is -0.298 e. The highest BCUT2D eigenvalue weighted by Gasteiger charge is 2.24. The molecule has 1 heteroatoms. The summed E-state index contributed by atoms with van der Waals surface area (Å²) in [5.41, 5.74) is 5.59. The summed E-state index contributed by atoms with van der Waals surface area (Å²) in [7, 11) is 0. The van der Waals surface area contributed by atoms with Crippen molar-refractivity contribution in [3.05, 3.63) is 107 Å². The van der Waals surface area contributed by atoms with Gasteiger partial charge in [-0.15, -0.1) is 0 Å². The van der Waals surface area contributed by atoms with Crippen LogP contribution < -0.4 is 0 Å². The van der Waals surface area contributed by atoms with Gasteiger partial charge in [0.1, 0.15) is 5.78 Å². The maximum atomic E-state index is 13.2. The van der Waals surface area contributed by atoms with Crippen LogP contribution in [-0.4, -0.2) is 5.78 Å². The minimum absolute atomic E-state index is 0.216. The predicted molar refractivity (Wildman–Crippen MR) is 99.4 cm³/mol. The lowest BCUT2D eigenvalue weighted by Crippen LogP contribution is -2.18. The summed E-state index contributed by atoms with van der Waals surface area (Å²) < 4.78 is 0. The topological polar surface area (TPSA) is 17.1 Å². The van der Waals surface area contributed by atoms with Gasteiger partial charge in [0.25, 0.3) is 0 Å². The molecule has 3 aromatic rings. The molecule has 0 aliphatic carbocycles. The standard InChI is InChI=1S/C23H22O/c1-17-10-6-8-14-20(17)16-22(24)23(19-12-4-3-5-13-19)21-15-9-7-11-18(21)2/h3-15,23H,16H2,1-2H3. The van der Waals surface area contributed by atoms with Crippen LogP contribution in [-0.2, 0) is 11.2 Å².